The van der Waals surface area contributed by atoms with Crippen molar-refractivity contribution < 1.29 is 9.53 Å². The van der Waals surface area contributed by atoms with E-state index in [2.05, 4.69) is 30.3 Å². The van der Waals surface area contributed by atoms with Gasteiger partial charge in [0.15, 0.2) is 0 Å². The normalized spacial score (nSPS) is 12.2. The Morgan fingerprint density at radius 1 is 1.11 bits per heavy atom. The van der Waals surface area contributed by atoms with Crippen LogP contribution in [0.4, 0.5) is 5.69 Å². The van der Waals surface area contributed by atoms with E-state index in [1.54, 1.807) is 11.3 Å². The summed E-state index contributed by atoms with van der Waals surface area (Å²) in [5, 5.41) is 0. The molecule has 1 amide bonds. The van der Waals surface area contributed by atoms with Crippen molar-refractivity contribution in [3.05, 3.63) is 65.0 Å². The Hall–Kier alpha value is -2.24. The van der Waals surface area contributed by atoms with Gasteiger partial charge in [-0.15, -0.1) is 23.1 Å². The fraction of sp³-hybridized carbons (Fsp3) is 0.227. The number of fused-ring (bicyclic) bond motifs is 3. The molecule has 0 radical (unpaired) electrons. The van der Waals surface area contributed by atoms with E-state index in [-0.39, 0.29) is 5.91 Å². The van der Waals surface area contributed by atoms with Crippen LogP contribution in [0.3, 0.4) is 0 Å². The van der Waals surface area contributed by atoms with Crippen LogP contribution in [0.15, 0.2) is 59.5 Å². The van der Waals surface area contributed by atoms with Gasteiger partial charge in [-0.05, 0) is 55.8 Å². The molecular weight excluding hydrogens is 374 g/mol. The monoisotopic (exact) mass is 395 g/mol. The topological polar surface area (TPSA) is 29.5 Å². The zero-order valence-corrected chi connectivity index (χ0v) is 17.0. The Morgan fingerprint density at radius 3 is 2.63 bits per heavy atom. The average Bonchev–Trinajstić information content (AvgIpc) is 3.15. The van der Waals surface area contributed by atoms with Crippen molar-refractivity contribution in [2.24, 2.45) is 0 Å². The molecule has 5 heteroatoms. The number of benzene rings is 2. The Morgan fingerprint density at radius 2 is 1.89 bits per heavy atom. The van der Waals surface area contributed by atoms with Crippen LogP contribution in [0.1, 0.15) is 29.1 Å². The van der Waals surface area contributed by atoms with Gasteiger partial charge in [0.25, 0.3) is 5.91 Å². The number of carbonyl (C=O) groups is 1. The number of thiophene rings is 1. The van der Waals surface area contributed by atoms with E-state index in [4.69, 9.17) is 4.74 Å². The van der Waals surface area contributed by atoms with Crippen LogP contribution in [0.25, 0.3) is 10.4 Å². The number of hydrogen-bond acceptors (Lipinski definition) is 4. The van der Waals surface area contributed by atoms with Crippen LogP contribution in [0.5, 0.6) is 5.75 Å². The quantitative estimate of drug-likeness (QED) is 0.524. The van der Waals surface area contributed by atoms with E-state index in [0.29, 0.717) is 13.2 Å². The third-order valence-electron chi connectivity index (χ3n) is 4.56. The van der Waals surface area contributed by atoms with E-state index in [1.807, 2.05) is 54.8 Å². The van der Waals surface area contributed by atoms with Crippen molar-refractivity contribution in [1.82, 2.24) is 0 Å². The number of hydrogen-bond donors (Lipinski definition) is 0. The van der Waals surface area contributed by atoms with Crippen LogP contribution in [-0.2, 0) is 5.75 Å². The summed E-state index contributed by atoms with van der Waals surface area (Å²) < 4.78 is 5.50. The first kappa shape index (κ1) is 18.1. The molecule has 0 unspecified atom stereocenters. The Kier molecular flexibility index (Phi) is 5.23. The summed E-state index contributed by atoms with van der Waals surface area (Å²) in [7, 11) is 0. The highest BCUT2D eigenvalue weighted by Gasteiger charge is 2.24. The maximum atomic E-state index is 13.2. The first-order valence-electron chi connectivity index (χ1n) is 9.11. The highest BCUT2D eigenvalue weighted by molar-refractivity contribution is 7.98. The van der Waals surface area contributed by atoms with Crippen molar-refractivity contribution >= 4 is 34.7 Å². The summed E-state index contributed by atoms with van der Waals surface area (Å²) in [4.78, 5) is 18.4. The van der Waals surface area contributed by atoms with Crippen molar-refractivity contribution in [2.75, 3.05) is 18.1 Å². The van der Waals surface area contributed by atoms with Crippen molar-refractivity contribution in [2.45, 2.75) is 24.5 Å². The number of thioether (sulfide) groups is 1. The van der Waals surface area contributed by atoms with E-state index in [0.717, 1.165) is 22.1 Å². The van der Waals surface area contributed by atoms with E-state index in [1.165, 1.54) is 20.9 Å². The van der Waals surface area contributed by atoms with Gasteiger partial charge in [-0.3, -0.25) is 4.79 Å². The van der Waals surface area contributed by atoms with Gasteiger partial charge >= 0.3 is 0 Å². The molecule has 3 aromatic rings. The number of anilines is 1. The molecule has 4 rings (SSSR count). The van der Waals surface area contributed by atoms with E-state index < -0.39 is 0 Å². The van der Waals surface area contributed by atoms with Crippen molar-refractivity contribution in [3.8, 4) is 16.2 Å². The van der Waals surface area contributed by atoms with Crippen LogP contribution in [-0.4, -0.2) is 19.1 Å². The van der Waals surface area contributed by atoms with Crippen molar-refractivity contribution in [3.63, 3.8) is 0 Å². The summed E-state index contributed by atoms with van der Waals surface area (Å²) in [6.07, 6.45) is 0. The van der Waals surface area contributed by atoms with Gasteiger partial charge in [0.05, 0.1) is 11.5 Å². The minimum absolute atomic E-state index is 0.0588. The molecule has 0 atom stereocenters. The lowest BCUT2D eigenvalue weighted by molar-refractivity contribution is 0.0992. The van der Waals surface area contributed by atoms with E-state index >= 15 is 0 Å². The number of nitrogens with zero attached hydrogens (tertiary/aromatic N) is 1. The molecule has 0 fully saturated rings. The molecule has 138 valence electrons. The largest absolute Gasteiger partial charge is 0.494 e. The van der Waals surface area contributed by atoms with Crippen LogP contribution < -0.4 is 9.64 Å². The third kappa shape index (κ3) is 3.49. The van der Waals surface area contributed by atoms with Crippen molar-refractivity contribution in [1.29, 1.82) is 0 Å². The Bertz CT molecular complexity index is 963. The lowest BCUT2D eigenvalue weighted by Crippen LogP contribution is -2.29. The van der Waals surface area contributed by atoms with Gasteiger partial charge in [-0.1, -0.05) is 18.2 Å². The van der Waals surface area contributed by atoms with Crippen LogP contribution in [0, 0.1) is 0 Å². The second kappa shape index (κ2) is 7.79. The summed E-state index contributed by atoms with van der Waals surface area (Å²) in [5.41, 5.74) is 3.40. The first-order chi connectivity index (χ1) is 13.2. The molecule has 0 spiro atoms. The summed E-state index contributed by atoms with van der Waals surface area (Å²) in [6, 6.07) is 18.2. The van der Waals surface area contributed by atoms with Gasteiger partial charge in [0.1, 0.15) is 5.75 Å². The minimum Gasteiger partial charge on any atom is -0.494 e. The minimum atomic E-state index is 0.0588. The second-order valence-electron chi connectivity index (χ2n) is 6.23. The number of ether oxygens (including phenoxy) is 1. The lowest BCUT2D eigenvalue weighted by atomic mass is 10.1. The molecule has 2 heterocycles. The highest BCUT2D eigenvalue weighted by Crippen LogP contribution is 2.45. The number of rotatable bonds is 5. The molecule has 27 heavy (non-hydrogen) atoms. The second-order valence-corrected chi connectivity index (χ2v) is 8.30. The molecular formula is C22H21NO2S2. The van der Waals surface area contributed by atoms with Gasteiger partial charge in [-0.25, -0.2) is 0 Å². The molecule has 2 aromatic carbocycles. The fourth-order valence-electron chi connectivity index (χ4n) is 3.27. The summed E-state index contributed by atoms with van der Waals surface area (Å²) >= 11 is 3.45. The van der Waals surface area contributed by atoms with E-state index in [9.17, 15) is 4.79 Å². The van der Waals surface area contributed by atoms with Gasteiger partial charge < -0.3 is 9.64 Å². The lowest BCUT2D eigenvalue weighted by Gasteiger charge is -2.20. The number of amides is 1. The zero-order chi connectivity index (χ0) is 18.8. The zero-order valence-electron chi connectivity index (χ0n) is 15.4. The predicted octanol–water partition coefficient (Wildman–Crippen LogP) is 6.09. The molecule has 0 N–H and O–H groups in total. The molecule has 0 saturated carbocycles. The van der Waals surface area contributed by atoms with Gasteiger partial charge in [0, 0.05) is 33.3 Å². The molecule has 0 bridgehead atoms. The third-order valence-corrected chi connectivity index (χ3v) is 6.88. The predicted molar refractivity (Wildman–Crippen MR) is 114 cm³/mol. The highest BCUT2D eigenvalue weighted by atomic mass is 32.2. The molecule has 3 nitrogen and oxygen atoms in total. The molecule has 0 aliphatic carbocycles. The Labute approximate surface area is 168 Å². The average molecular weight is 396 g/mol. The SMILES string of the molecule is CCOc1ccc(N(CC)C(=O)c2cc3c(s2)-c2ccccc2SC3)cc1. The first-order valence-corrected chi connectivity index (χ1v) is 10.9. The van der Waals surface area contributed by atoms with Crippen LogP contribution >= 0.6 is 23.1 Å². The summed E-state index contributed by atoms with van der Waals surface area (Å²) in [6.45, 7) is 5.23. The van der Waals surface area contributed by atoms with Gasteiger partial charge in [-0.2, -0.15) is 0 Å². The fourth-order valence-corrected chi connectivity index (χ4v) is 5.63. The smallest absolute Gasteiger partial charge is 0.268 e. The molecule has 0 saturated heterocycles. The van der Waals surface area contributed by atoms with Crippen LogP contribution in [0.2, 0.25) is 0 Å². The number of carbonyl (C=O) groups excluding carboxylic acids is 1. The standard InChI is InChI=1S/C22H21NO2S2/c1-3-23(16-9-11-17(12-10-16)25-4-2)22(24)20-13-15-14-26-19-8-6-5-7-18(19)21(15)27-20/h5-13H,3-4,14H2,1-2H3. The Balaban J connectivity index is 1.63. The summed E-state index contributed by atoms with van der Waals surface area (Å²) in [5.74, 6) is 1.80. The maximum absolute atomic E-state index is 13.2. The molecule has 1 aliphatic rings. The van der Waals surface area contributed by atoms with Gasteiger partial charge in [0.2, 0.25) is 0 Å². The molecule has 1 aliphatic heterocycles. The maximum Gasteiger partial charge on any atom is 0.268 e. The molecule has 1 aromatic heterocycles.